The maximum Gasteiger partial charge on any atom is 0.251 e. The van der Waals surface area contributed by atoms with Crippen LogP contribution in [0.25, 0.3) is 0 Å². The van der Waals surface area contributed by atoms with E-state index in [-0.39, 0.29) is 17.8 Å². The molecule has 1 aromatic carbocycles. The van der Waals surface area contributed by atoms with Crippen molar-refractivity contribution in [3.63, 3.8) is 0 Å². The highest BCUT2D eigenvalue weighted by Crippen LogP contribution is 2.09. The lowest BCUT2D eigenvalue weighted by atomic mass is 10.1. The zero-order chi connectivity index (χ0) is 13.0. The number of aromatic amines is 1. The van der Waals surface area contributed by atoms with Crippen molar-refractivity contribution in [1.29, 1.82) is 0 Å². The molecule has 0 saturated heterocycles. The van der Waals surface area contributed by atoms with Crippen molar-refractivity contribution in [1.82, 2.24) is 15.3 Å². The molecule has 1 aromatic heterocycles. The van der Waals surface area contributed by atoms with Crippen LogP contribution < -0.4 is 10.9 Å². The number of halogens is 1. The minimum absolute atomic E-state index is 0.221. The Labute approximate surface area is 104 Å². The van der Waals surface area contributed by atoms with Gasteiger partial charge in [-0.3, -0.25) is 4.79 Å². The fourth-order valence-corrected chi connectivity index (χ4v) is 1.74. The molecule has 0 aliphatic heterocycles. The Balaban J connectivity index is 2.29. The van der Waals surface area contributed by atoms with Crippen LogP contribution in [-0.4, -0.2) is 17.0 Å². The summed E-state index contributed by atoms with van der Waals surface area (Å²) in [5.41, 5.74) is 0.941. The summed E-state index contributed by atoms with van der Waals surface area (Å²) < 4.78 is 13.5. The van der Waals surface area contributed by atoms with Crippen LogP contribution >= 0.6 is 0 Å². The molecule has 2 N–H and O–H groups in total. The maximum atomic E-state index is 13.5. The van der Waals surface area contributed by atoms with Crippen LogP contribution in [0.4, 0.5) is 4.39 Å². The third-order valence-corrected chi connectivity index (χ3v) is 2.52. The summed E-state index contributed by atoms with van der Waals surface area (Å²) >= 11 is 0. The van der Waals surface area contributed by atoms with E-state index in [0.717, 1.165) is 0 Å². The van der Waals surface area contributed by atoms with E-state index >= 15 is 0 Å². The predicted molar refractivity (Wildman–Crippen MR) is 66.8 cm³/mol. The summed E-state index contributed by atoms with van der Waals surface area (Å²) in [6.45, 7) is 0.508. The quantitative estimate of drug-likeness (QED) is 0.854. The third kappa shape index (κ3) is 3.01. The van der Waals surface area contributed by atoms with Crippen molar-refractivity contribution < 1.29 is 4.39 Å². The Bertz CT molecular complexity index is 595. The van der Waals surface area contributed by atoms with Gasteiger partial charge in [-0.05, 0) is 18.7 Å². The van der Waals surface area contributed by atoms with Crippen LogP contribution in [0.2, 0.25) is 0 Å². The zero-order valence-corrected chi connectivity index (χ0v) is 10.0. The molecular weight excluding hydrogens is 233 g/mol. The molecule has 0 saturated carbocycles. The number of aromatic nitrogens is 2. The third-order valence-electron chi connectivity index (χ3n) is 2.52. The van der Waals surface area contributed by atoms with Crippen molar-refractivity contribution >= 4 is 0 Å². The highest BCUT2D eigenvalue weighted by molar-refractivity contribution is 5.21. The molecule has 2 aromatic rings. The smallest absolute Gasteiger partial charge is 0.251 e. The lowest BCUT2D eigenvalue weighted by molar-refractivity contribution is 0.611. The number of nitrogens with zero attached hydrogens (tertiary/aromatic N) is 1. The van der Waals surface area contributed by atoms with Crippen molar-refractivity contribution in [3.05, 3.63) is 63.6 Å². The monoisotopic (exact) mass is 247 g/mol. The summed E-state index contributed by atoms with van der Waals surface area (Å²) in [6, 6.07) is 7.90. The van der Waals surface area contributed by atoms with E-state index in [1.807, 2.05) is 0 Å². The second-order valence-electron chi connectivity index (χ2n) is 3.98. The highest BCUT2D eigenvalue weighted by Gasteiger charge is 2.05. The van der Waals surface area contributed by atoms with E-state index in [9.17, 15) is 9.18 Å². The summed E-state index contributed by atoms with van der Waals surface area (Å²) in [5.74, 6) is 0.178. The van der Waals surface area contributed by atoms with Gasteiger partial charge < -0.3 is 10.3 Å². The molecular formula is C13H14FN3O. The molecule has 0 aliphatic carbocycles. The van der Waals surface area contributed by atoms with Gasteiger partial charge in [-0.15, -0.1) is 0 Å². The normalized spacial score (nSPS) is 10.6. The Morgan fingerprint density at radius 3 is 2.89 bits per heavy atom. The summed E-state index contributed by atoms with van der Waals surface area (Å²) in [4.78, 5) is 18.3. The van der Waals surface area contributed by atoms with Gasteiger partial charge in [0.2, 0.25) is 0 Å². The first-order chi connectivity index (χ1) is 8.69. The number of hydrogen-bond acceptors (Lipinski definition) is 3. The van der Waals surface area contributed by atoms with E-state index in [2.05, 4.69) is 15.3 Å². The van der Waals surface area contributed by atoms with E-state index < -0.39 is 0 Å². The van der Waals surface area contributed by atoms with E-state index in [1.165, 1.54) is 12.1 Å². The highest BCUT2D eigenvalue weighted by atomic mass is 19.1. The molecule has 4 nitrogen and oxygen atoms in total. The molecule has 0 atom stereocenters. The first-order valence-corrected chi connectivity index (χ1v) is 5.66. The van der Waals surface area contributed by atoms with Gasteiger partial charge in [0.1, 0.15) is 11.6 Å². The minimum atomic E-state index is -0.292. The van der Waals surface area contributed by atoms with Gasteiger partial charge in [0.25, 0.3) is 5.56 Å². The summed E-state index contributed by atoms with van der Waals surface area (Å²) in [7, 11) is 1.78. The Morgan fingerprint density at radius 2 is 2.17 bits per heavy atom. The average Bonchev–Trinajstić information content (AvgIpc) is 2.32. The van der Waals surface area contributed by atoms with Gasteiger partial charge in [0, 0.05) is 19.0 Å². The number of hydrogen-bond donors (Lipinski definition) is 2. The molecule has 0 bridgehead atoms. The molecule has 94 valence electrons. The molecule has 0 fully saturated rings. The Kier molecular flexibility index (Phi) is 3.84. The van der Waals surface area contributed by atoms with Crippen molar-refractivity contribution in [2.75, 3.05) is 7.05 Å². The van der Waals surface area contributed by atoms with Crippen molar-refractivity contribution in [2.24, 2.45) is 0 Å². The predicted octanol–water partition coefficient (Wildman–Crippen LogP) is 1.22. The first kappa shape index (κ1) is 12.4. The van der Waals surface area contributed by atoms with Gasteiger partial charge in [0.05, 0.1) is 5.69 Å². The van der Waals surface area contributed by atoms with Gasteiger partial charge in [-0.25, -0.2) is 9.37 Å². The number of benzene rings is 1. The topological polar surface area (TPSA) is 57.8 Å². The van der Waals surface area contributed by atoms with Crippen LogP contribution in [0.3, 0.4) is 0 Å². The second-order valence-corrected chi connectivity index (χ2v) is 3.98. The zero-order valence-electron chi connectivity index (χ0n) is 10.0. The Hall–Kier alpha value is -2.01. The first-order valence-electron chi connectivity index (χ1n) is 5.66. The van der Waals surface area contributed by atoms with Gasteiger partial charge in [-0.2, -0.15) is 0 Å². The van der Waals surface area contributed by atoms with Gasteiger partial charge in [0.15, 0.2) is 0 Å². The molecule has 5 heteroatoms. The SMILES string of the molecule is CNCc1cc(=O)[nH]c(Cc2ccccc2F)n1. The van der Waals surface area contributed by atoms with Gasteiger partial charge >= 0.3 is 0 Å². The molecule has 2 rings (SSSR count). The van der Waals surface area contributed by atoms with E-state index in [4.69, 9.17) is 0 Å². The summed E-state index contributed by atoms with van der Waals surface area (Å²) in [5, 5.41) is 2.92. The van der Waals surface area contributed by atoms with Crippen LogP contribution in [0, 0.1) is 5.82 Å². The maximum absolute atomic E-state index is 13.5. The van der Waals surface area contributed by atoms with E-state index in [0.29, 0.717) is 23.6 Å². The van der Waals surface area contributed by atoms with Crippen LogP contribution in [0.5, 0.6) is 0 Å². The van der Waals surface area contributed by atoms with E-state index in [1.54, 1.807) is 25.2 Å². The largest absolute Gasteiger partial charge is 0.314 e. The molecule has 0 unspecified atom stereocenters. The van der Waals surface area contributed by atoms with Crippen molar-refractivity contribution in [3.8, 4) is 0 Å². The lowest BCUT2D eigenvalue weighted by Gasteiger charge is -2.05. The minimum Gasteiger partial charge on any atom is -0.314 e. The number of nitrogens with one attached hydrogen (secondary N) is 2. The average molecular weight is 247 g/mol. The van der Waals surface area contributed by atoms with Crippen molar-refractivity contribution in [2.45, 2.75) is 13.0 Å². The summed E-state index contributed by atoms with van der Waals surface area (Å²) in [6.07, 6.45) is 0.277. The van der Waals surface area contributed by atoms with Crippen LogP contribution in [0.15, 0.2) is 35.1 Å². The fourth-order valence-electron chi connectivity index (χ4n) is 1.74. The second kappa shape index (κ2) is 5.55. The molecule has 0 spiro atoms. The molecule has 1 heterocycles. The van der Waals surface area contributed by atoms with Crippen LogP contribution in [0.1, 0.15) is 17.1 Å². The number of H-pyrrole nitrogens is 1. The number of rotatable bonds is 4. The molecule has 0 amide bonds. The molecule has 18 heavy (non-hydrogen) atoms. The Morgan fingerprint density at radius 1 is 1.39 bits per heavy atom. The van der Waals surface area contributed by atoms with Crippen LogP contribution in [-0.2, 0) is 13.0 Å². The standard InChI is InChI=1S/C13H14FN3O/c1-15-8-10-7-13(18)17-12(16-10)6-9-4-2-3-5-11(9)14/h2-5,7,15H,6,8H2,1H3,(H,16,17,18). The molecule has 0 radical (unpaired) electrons. The fraction of sp³-hybridized carbons (Fsp3) is 0.231. The van der Waals surface area contributed by atoms with Gasteiger partial charge in [-0.1, -0.05) is 18.2 Å². The molecule has 0 aliphatic rings. The lowest BCUT2D eigenvalue weighted by Crippen LogP contribution is -2.16.